The third kappa shape index (κ3) is 17.0. The zero-order valence-electron chi connectivity index (χ0n) is 16.7. The van der Waals surface area contributed by atoms with E-state index in [1.807, 2.05) is 13.8 Å². The van der Waals surface area contributed by atoms with Gasteiger partial charge in [-0.05, 0) is 55.8 Å². The van der Waals surface area contributed by atoms with Gasteiger partial charge in [0.2, 0.25) is 0 Å². The zero-order chi connectivity index (χ0) is 19.4. The summed E-state index contributed by atoms with van der Waals surface area (Å²) < 4.78 is 36.1. The van der Waals surface area contributed by atoms with Crippen LogP contribution in [0.3, 0.4) is 0 Å². The van der Waals surface area contributed by atoms with Crippen LogP contribution in [0.25, 0.3) is 0 Å². The number of hydrogen-bond donors (Lipinski definition) is 2. The topological polar surface area (TPSA) is 83.8 Å². The van der Waals surface area contributed by atoms with Crippen molar-refractivity contribution in [1.29, 1.82) is 0 Å². The van der Waals surface area contributed by atoms with Crippen molar-refractivity contribution in [3.63, 3.8) is 0 Å². The second kappa shape index (κ2) is 12.3. The summed E-state index contributed by atoms with van der Waals surface area (Å²) in [6, 6.07) is 0. The second-order valence-electron chi connectivity index (χ2n) is 8.72. The average molecular weight is 381 g/mol. The first-order valence-electron chi connectivity index (χ1n) is 9.61. The van der Waals surface area contributed by atoms with Crippen LogP contribution in [0.2, 0.25) is 0 Å². The van der Waals surface area contributed by atoms with Gasteiger partial charge in [-0.3, -0.25) is 4.55 Å². The summed E-state index contributed by atoms with van der Waals surface area (Å²) in [5, 5.41) is 8.90. The number of ether oxygens (including phenoxy) is 1. The van der Waals surface area contributed by atoms with Gasteiger partial charge in [0.25, 0.3) is 10.1 Å². The summed E-state index contributed by atoms with van der Waals surface area (Å²) in [6.07, 6.45) is 8.75. The van der Waals surface area contributed by atoms with Gasteiger partial charge in [-0.2, -0.15) is 8.42 Å². The van der Waals surface area contributed by atoms with Gasteiger partial charge in [0.05, 0.1) is 5.75 Å². The highest BCUT2D eigenvalue weighted by molar-refractivity contribution is 7.85. The summed E-state index contributed by atoms with van der Waals surface area (Å²) in [5.74, 6) is -0.162. The van der Waals surface area contributed by atoms with E-state index in [1.54, 1.807) is 0 Å². The van der Waals surface area contributed by atoms with E-state index in [0.717, 1.165) is 64.6 Å². The van der Waals surface area contributed by atoms with Crippen molar-refractivity contribution in [3.8, 4) is 0 Å². The monoisotopic (exact) mass is 380 g/mol. The van der Waals surface area contributed by atoms with E-state index >= 15 is 0 Å². The minimum atomic E-state index is -3.86. The zero-order valence-corrected chi connectivity index (χ0v) is 17.5. The molecule has 0 atom stereocenters. The Morgan fingerprint density at radius 2 is 1.20 bits per heavy atom. The lowest BCUT2D eigenvalue weighted by atomic mass is 9.83. The van der Waals surface area contributed by atoms with Gasteiger partial charge >= 0.3 is 0 Å². The SMILES string of the molecule is CC(C)(CCCO)CCCCOCCCCC(C)(C)CCS(=O)(=O)O. The Morgan fingerprint density at radius 3 is 1.64 bits per heavy atom. The number of hydrogen-bond acceptors (Lipinski definition) is 4. The highest BCUT2D eigenvalue weighted by atomic mass is 32.2. The van der Waals surface area contributed by atoms with Gasteiger partial charge in [0.1, 0.15) is 0 Å². The molecule has 0 amide bonds. The van der Waals surface area contributed by atoms with Crippen LogP contribution in [-0.2, 0) is 14.9 Å². The molecule has 0 aliphatic heterocycles. The van der Waals surface area contributed by atoms with Crippen molar-refractivity contribution in [3.05, 3.63) is 0 Å². The Morgan fingerprint density at radius 1 is 0.760 bits per heavy atom. The molecule has 0 radical (unpaired) electrons. The molecule has 0 saturated heterocycles. The predicted octanol–water partition coefficient (Wildman–Crippen LogP) is 4.45. The Kier molecular flexibility index (Phi) is 12.2. The minimum absolute atomic E-state index is 0.0735. The van der Waals surface area contributed by atoms with Crippen LogP contribution in [-0.4, -0.2) is 43.7 Å². The molecule has 0 heterocycles. The van der Waals surface area contributed by atoms with Gasteiger partial charge in [-0.25, -0.2) is 0 Å². The summed E-state index contributed by atoms with van der Waals surface area (Å²) in [7, 11) is -3.86. The first kappa shape index (κ1) is 24.8. The van der Waals surface area contributed by atoms with E-state index in [0.29, 0.717) is 11.8 Å². The van der Waals surface area contributed by atoms with E-state index < -0.39 is 10.1 Å². The number of rotatable bonds is 16. The molecule has 0 aromatic rings. The molecule has 25 heavy (non-hydrogen) atoms. The molecule has 6 heteroatoms. The van der Waals surface area contributed by atoms with E-state index in [9.17, 15) is 8.42 Å². The summed E-state index contributed by atoms with van der Waals surface area (Å²) in [4.78, 5) is 0. The molecule has 0 aliphatic carbocycles. The van der Waals surface area contributed by atoms with E-state index in [2.05, 4.69) is 13.8 Å². The molecule has 0 rings (SSSR count). The van der Waals surface area contributed by atoms with Crippen molar-refractivity contribution in [2.45, 2.75) is 85.5 Å². The molecule has 0 aliphatic rings. The second-order valence-corrected chi connectivity index (χ2v) is 10.3. The molecule has 0 fully saturated rings. The van der Waals surface area contributed by atoms with Crippen LogP contribution in [0.5, 0.6) is 0 Å². The number of unbranched alkanes of at least 4 members (excludes halogenated alkanes) is 2. The van der Waals surface area contributed by atoms with Crippen LogP contribution in [0.15, 0.2) is 0 Å². The fourth-order valence-electron chi connectivity index (χ4n) is 2.93. The molecule has 0 saturated carbocycles. The van der Waals surface area contributed by atoms with Gasteiger partial charge in [0.15, 0.2) is 0 Å². The van der Waals surface area contributed by atoms with Crippen molar-refractivity contribution < 1.29 is 22.8 Å². The maximum Gasteiger partial charge on any atom is 0.264 e. The van der Waals surface area contributed by atoms with Crippen molar-refractivity contribution >= 4 is 10.1 Å². The van der Waals surface area contributed by atoms with Gasteiger partial charge < -0.3 is 9.84 Å². The Labute approximate surface area is 155 Å². The molecule has 0 bridgehead atoms. The van der Waals surface area contributed by atoms with Crippen molar-refractivity contribution in [2.75, 3.05) is 25.6 Å². The summed E-state index contributed by atoms with van der Waals surface area (Å²) in [5.41, 5.74) is 0.228. The van der Waals surface area contributed by atoms with E-state index in [1.165, 1.54) is 0 Å². The molecule has 152 valence electrons. The average Bonchev–Trinajstić information content (AvgIpc) is 2.49. The molecule has 2 N–H and O–H groups in total. The summed E-state index contributed by atoms with van der Waals surface area (Å²) >= 11 is 0. The largest absolute Gasteiger partial charge is 0.396 e. The van der Waals surface area contributed by atoms with Gasteiger partial charge in [0, 0.05) is 19.8 Å². The lowest BCUT2D eigenvalue weighted by Crippen LogP contribution is -2.17. The Balaban J connectivity index is 3.58. The van der Waals surface area contributed by atoms with Crippen LogP contribution in [0.1, 0.15) is 85.5 Å². The Bertz CT molecular complexity index is 429. The van der Waals surface area contributed by atoms with E-state index in [4.69, 9.17) is 14.4 Å². The third-order valence-corrected chi connectivity index (χ3v) is 5.55. The smallest absolute Gasteiger partial charge is 0.264 e. The van der Waals surface area contributed by atoms with Crippen LogP contribution in [0.4, 0.5) is 0 Å². The fraction of sp³-hybridized carbons (Fsp3) is 1.00. The van der Waals surface area contributed by atoms with Gasteiger partial charge in [-0.15, -0.1) is 0 Å². The lowest BCUT2D eigenvalue weighted by Gasteiger charge is -2.24. The maximum atomic E-state index is 10.8. The number of aliphatic hydroxyl groups excluding tert-OH is 1. The van der Waals surface area contributed by atoms with Gasteiger partial charge in [-0.1, -0.05) is 40.5 Å². The normalized spacial score (nSPS) is 13.4. The first-order chi connectivity index (χ1) is 11.5. The quantitative estimate of drug-likeness (QED) is 0.305. The third-order valence-electron chi connectivity index (χ3n) is 4.83. The molecule has 0 unspecified atom stereocenters. The number of aliphatic hydroxyl groups is 1. The first-order valence-corrected chi connectivity index (χ1v) is 11.2. The fourth-order valence-corrected chi connectivity index (χ4v) is 3.74. The lowest BCUT2D eigenvalue weighted by molar-refractivity contribution is 0.119. The minimum Gasteiger partial charge on any atom is -0.396 e. The summed E-state index contributed by atoms with van der Waals surface area (Å²) in [6.45, 7) is 10.4. The molecule has 0 aromatic heterocycles. The molecule has 5 nitrogen and oxygen atoms in total. The maximum absolute atomic E-state index is 10.8. The highest BCUT2D eigenvalue weighted by Gasteiger charge is 2.20. The van der Waals surface area contributed by atoms with Crippen LogP contribution >= 0.6 is 0 Å². The van der Waals surface area contributed by atoms with Crippen molar-refractivity contribution in [1.82, 2.24) is 0 Å². The molecule has 0 spiro atoms. The van der Waals surface area contributed by atoms with E-state index in [-0.39, 0.29) is 17.8 Å². The van der Waals surface area contributed by atoms with Crippen LogP contribution in [0, 0.1) is 10.8 Å². The molecular formula is C19H40O5S. The van der Waals surface area contributed by atoms with Crippen molar-refractivity contribution in [2.24, 2.45) is 10.8 Å². The van der Waals surface area contributed by atoms with Crippen LogP contribution < -0.4 is 0 Å². The Hall–Kier alpha value is -0.170. The standard InChI is InChI=1S/C19H40O5S/c1-18(2,12-9-14-20)10-5-7-15-24-16-8-6-11-19(3,4)13-17-25(21,22)23/h20H,5-17H2,1-4H3,(H,21,22,23). The highest BCUT2D eigenvalue weighted by Crippen LogP contribution is 2.29. The molecular weight excluding hydrogens is 340 g/mol. The predicted molar refractivity (Wildman–Crippen MR) is 103 cm³/mol. The molecule has 0 aromatic carbocycles.